The average molecular weight is 206 g/mol. The Kier molecular flexibility index (Phi) is 3.16. The molecule has 0 aromatic carbocycles. The summed E-state index contributed by atoms with van der Waals surface area (Å²) < 4.78 is 2.13. The fourth-order valence-corrected chi connectivity index (χ4v) is 2.08. The predicted octanol–water partition coefficient (Wildman–Crippen LogP) is 1.59. The maximum absolute atomic E-state index is 4.26. The molecular formula is C11H18N4. The summed E-state index contributed by atoms with van der Waals surface area (Å²) in [5, 5.41) is 11.9. The molecule has 1 fully saturated rings. The van der Waals surface area contributed by atoms with Crippen molar-refractivity contribution in [2.24, 2.45) is 0 Å². The van der Waals surface area contributed by atoms with Gasteiger partial charge < -0.3 is 9.88 Å². The van der Waals surface area contributed by atoms with E-state index in [0.717, 1.165) is 31.2 Å². The molecule has 1 unspecified atom stereocenters. The van der Waals surface area contributed by atoms with E-state index < -0.39 is 0 Å². The molecule has 1 aliphatic rings. The van der Waals surface area contributed by atoms with Crippen molar-refractivity contribution in [3.8, 4) is 0 Å². The SMILES string of the molecule is C=CCn1c(C)nnc1C1CCCCN1. The van der Waals surface area contributed by atoms with Crippen LogP contribution in [0.5, 0.6) is 0 Å². The standard InChI is InChI=1S/C11H18N4/c1-3-8-15-9(2)13-14-11(15)10-6-4-5-7-12-10/h3,10,12H,1,4-8H2,2H3. The maximum Gasteiger partial charge on any atom is 0.150 e. The second-order valence-electron chi connectivity index (χ2n) is 4.01. The summed E-state index contributed by atoms with van der Waals surface area (Å²) in [5.41, 5.74) is 0. The van der Waals surface area contributed by atoms with Crippen LogP contribution >= 0.6 is 0 Å². The van der Waals surface area contributed by atoms with Gasteiger partial charge in [0.1, 0.15) is 11.6 Å². The maximum atomic E-state index is 4.26. The van der Waals surface area contributed by atoms with E-state index in [0.29, 0.717) is 6.04 Å². The zero-order chi connectivity index (χ0) is 10.7. The van der Waals surface area contributed by atoms with E-state index in [1.54, 1.807) is 0 Å². The minimum absolute atomic E-state index is 0.375. The number of piperidine rings is 1. The number of rotatable bonds is 3. The molecule has 0 radical (unpaired) electrons. The summed E-state index contributed by atoms with van der Waals surface area (Å²) in [6.07, 6.45) is 5.60. The Morgan fingerprint density at radius 2 is 2.40 bits per heavy atom. The first-order valence-corrected chi connectivity index (χ1v) is 5.57. The van der Waals surface area contributed by atoms with Crippen LogP contribution in [0.2, 0.25) is 0 Å². The van der Waals surface area contributed by atoms with Crippen molar-refractivity contribution in [1.29, 1.82) is 0 Å². The molecule has 0 bridgehead atoms. The largest absolute Gasteiger partial charge is 0.310 e. The smallest absolute Gasteiger partial charge is 0.150 e. The third-order valence-electron chi connectivity index (χ3n) is 2.90. The van der Waals surface area contributed by atoms with Crippen LogP contribution in [-0.4, -0.2) is 21.3 Å². The second-order valence-corrected chi connectivity index (χ2v) is 4.01. The molecule has 1 aliphatic heterocycles. The lowest BCUT2D eigenvalue weighted by molar-refractivity contribution is 0.387. The minimum Gasteiger partial charge on any atom is -0.310 e. The van der Waals surface area contributed by atoms with Gasteiger partial charge in [0.05, 0.1) is 6.04 Å². The molecule has 0 amide bonds. The molecule has 1 N–H and O–H groups in total. The van der Waals surface area contributed by atoms with Gasteiger partial charge in [-0.05, 0) is 26.3 Å². The van der Waals surface area contributed by atoms with Crippen molar-refractivity contribution in [2.45, 2.75) is 38.8 Å². The number of aromatic nitrogens is 3. The van der Waals surface area contributed by atoms with E-state index in [9.17, 15) is 0 Å². The number of nitrogens with one attached hydrogen (secondary N) is 1. The van der Waals surface area contributed by atoms with Gasteiger partial charge in [0.2, 0.25) is 0 Å². The fourth-order valence-electron chi connectivity index (χ4n) is 2.08. The van der Waals surface area contributed by atoms with Gasteiger partial charge >= 0.3 is 0 Å². The lowest BCUT2D eigenvalue weighted by atomic mass is 10.0. The van der Waals surface area contributed by atoms with Crippen molar-refractivity contribution in [2.75, 3.05) is 6.54 Å². The highest BCUT2D eigenvalue weighted by Gasteiger charge is 2.20. The van der Waals surface area contributed by atoms with Gasteiger partial charge in [-0.3, -0.25) is 0 Å². The van der Waals surface area contributed by atoms with Gasteiger partial charge in [-0.2, -0.15) is 0 Å². The molecule has 82 valence electrons. The summed E-state index contributed by atoms with van der Waals surface area (Å²) in [4.78, 5) is 0. The molecule has 1 aromatic heterocycles. The first-order valence-electron chi connectivity index (χ1n) is 5.57. The lowest BCUT2D eigenvalue weighted by Crippen LogP contribution is -2.29. The van der Waals surface area contributed by atoms with E-state index >= 15 is 0 Å². The highest BCUT2D eigenvalue weighted by atomic mass is 15.3. The minimum atomic E-state index is 0.375. The second kappa shape index (κ2) is 4.57. The van der Waals surface area contributed by atoms with E-state index in [1.165, 1.54) is 12.8 Å². The first kappa shape index (κ1) is 10.4. The summed E-state index contributed by atoms with van der Waals surface area (Å²) in [6.45, 7) is 7.64. The first-order chi connectivity index (χ1) is 7.33. The monoisotopic (exact) mass is 206 g/mol. The van der Waals surface area contributed by atoms with Gasteiger partial charge in [0, 0.05) is 6.54 Å². The summed E-state index contributed by atoms with van der Waals surface area (Å²) in [7, 11) is 0. The lowest BCUT2D eigenvalue weighted by Gasteiger charge is -2.23. The number of hydrogen-bond acceptors (Lipinski definition) is 3. The highest BCUT2D eigenvalue weighted by molar-refractivity contribution is 5.02. The molecule has 4 heteroatoms. The zero-order valence-corrected chi connectivity index (χ0v) is 9.24. The molecule has 2 heterocycles. The van der Waals surface area contributed by atoms with E-state index in [4.69, 9.17) is 0 Å². The van der Waals surface area contributed by atoms with Crippen molar-refractivity contribution in [3.63, 3.8) is 0 Å². The molecule has 1 saturated heterocycles. The Balaban J connectivity index is 2.21. The zero-order valence-electron chi connectivity index (χ0n) is 9.24. The molecule has 4 nitrogen and oxygen atoms in total. The Hall–Kier alpha value is -1.16. The van der Waals surface area contributed by atoms with E-state index in [1.807, 2.05) is 13.0 Å². The molecule has 1 aromatic rings. The molecule has 2 rings (SSSR count). The van der Waals surface area contributed by atoms with Crippen LogP contribution in [0.25, 0.3) is 0 Å². The van der Waals surface area contributed by atoms with Gasteiger partial charge in [0.25, 0.3) is 0 Å². The number of allylic oxidation sites excluding steroid dienone is 1. The quantitative estimate of drug-likeness (QED) is 0.764. The topological polar surface area (TPSA) is 42.7 Å². The number of aryl methyl sites for hydroxylation is 1. The van der Waals surface area contributed by atoms with Crippen LogP contribution in [-0.2, 0) is 6.54 Å². The predicted molar refractivity (Wildman–Crippen MR) is 59.6 cm³/mol. The number of nitrogens with zero attached hydrogens (tertiary/aromatic N) is 3. The third-order valence-corrected chi connectivity index (χ3v) is 2.90. The molecular weight excluding hydrogens is 188 g/mol. The fraction of sp³-hybridized carbons (Fsp3) is 0.636. The van der Waals surface area contributed by atoms with Crippen molar-refractivity contribution >= 4 is 0 Å². The molecule has 0 aliphatic carbocycles. The summed E-state index contributed by atoms with van der Waals surface area (Å²) in [5.74, 6) is 2.03. The van der Waals surface area contributed by atoms with Crippen LogP contribution < -0.4 is 5.32 Å². The highest BCUT2D eigenvalue weighted by Crippen LogP contribution is 2.21. The Bertz CT molecular complexity index is 336. The molecule has 1 atom stereocenters. The average Bonchev–Trinajstić information content (AvgIpc) is 2.63. The Morgan fingerprint density at radius 3 is 3.07 bits per heavy atom. The van der Waals surface area contributed by atoms with Crippen LogP contribution in [0.15, 0.2) is 12.7 Å². The molecule has 15 heavy (non-hydrogen) atoms. The molecule has 0 spiro atoms. The summed E-state index contributed by atoms with van der Waals surface area (Å²) >= 11 is 0. The van der Waals surface area contributed by atoms with Gasteiger partial charge in [-0.15, -0.1) is 16.8 Å². The van der Waals surface area contributed by atoms with Crippen LogP contribution in [0.1, 0.15) is 37.0 Å². The number of hydrogen-bond donors (Lipinski definition) is 1. The van der Waals surface area contributed by atoms with Crippen molar-refractivity contribution < 1.29 is 0 Å². The van der Waals surface area contributed by atoms with Crippen LogP contribution in [0.3, 0.4) is 0 Å². The summed E-state index contributed by atoms with van der Waals surface area (Å²) in [6, 6.07) is 0.375. The van der Waals surface area contributed by atoms with E-state index in [2.05, 4.69) is 26.7 Å². The van der Waals surface area contributed by atoms with Crippen LogP contribution in [0.4, 0.5) is 0 Å². The Labute approximate surface area is 90.4 Å². The normalized spacial score (nSPS) is 21.5. The van der Waals surface area contributed by atoms with Crippen molar-refractivity contribution in [3.05, 3.63) is 24.3 Å². The third kappa shape index (κ3) is 2.09. The van der Waals surface area contributed by atoms with Gasteiger partial charge in [-0.1, -0.05) is 12.5 Å². The van der Waals surface area contributed by atoms with Gasteiger partial charge in [0.15, 0.2) is 0 Å². The van der Waals surface area contributed by atoms with Gasteiger partial charge in [-0.25, -0.2) is 0 Å². The molecule has 0 saturated carbocycles. The van der Waals surface area contributed by atoms with E-state index in [-0.39, 0.29) is 0 Å². The Morgan fingerprint density at radius 1 is 1.53 bits per heavy atom. The van der Waals surface area contributed by atoms with Crippen molar-refractivity contribution in [1.82, 2.24) is 20.1 Å². The van der Waals surface area contributed by atoms with Crippen LogP contribution in [0, 0.1) is 6.92 Å².